The van der Waals surface area contributed by atoms with Crippen LogP contribution in [0.5, 0.6) is 0 Å². The van der Waals surface area contributed by atoms with Crippen molar-refractivity contribution in [2.24, 2.45) is 27.9 Å². The van der Waals surface area contributed by atoms with Crippen LogP contribution in [-0.4, -0.2) is 70.2 Å². The summed E-state index contributed by atoms with van der Waals surface area (Å²) >= 11 is 1.20. The Morgan fingerprint density at radius 1 is 1.04 bits per heavy atom. The Morgan fingerprint density at radius 2 is 1.68 bits per heavy atom. The Hall–Kier alpha value is -2.05. The molecule has 0 heterocycles. The molecule has 0 aromatic carbocycles. The number of carbonyl (C=O) groups excluding carboxylic acids is 1. The standard InChI is InChI=1S/C13H26N6O5S/c14-7(2-1-4-18-13(16)17)10(20)19-9(12(23)24)3-5-25-6-8(15)11(21)22/h7-9H,1-6,14-15H2,(H,19,20)(H,21,22)(H,23,24)(H4,16,17,18)/t7-,8-,9-/m0/s1. The number of thioether (sulfide) groups is 1. The van der Waals surface area contributed by atoms with Gasteiger partial charge in [0.15, 0.2) is 5.96 Å². The zero-order valence-corrected chi connectivity index (χ0v) is 14.6. The molecule has 0 rings (SSSR count). The molecule has 0 saturated carbocycles. The van der Waals surface area contributed by atoms with E-state index in [4.69, 9.17) is 33.1 Å². The van der Waals surface area contributed by atoms with Gasteiger partial charge in [-0.15, -0.1) is 0 Å². The summed E-state index contributed by atoms with van der Waals surface area (Å²) in [7, 11) is 0. The minimum absolute atomic E-state index is 0.0518. The van der Waals surface area contributed by atoms with Crippen molar-refractivity contribution in [1.29, 1.82) is 0 Å². The van der Waals surface area contributed by atoms with Crippen LogP contribution in [0.1, 0.15) is 19.3 Å². The van der Waals surface area contributed by atoms with E-state index in [0.717, 1.165) is 0 Å². The summed E-state index contributed by atoms with van der Waals surface area (Å²) in [5.41, 5.74) is 21.4. The normalized spacial score (nSPS) is 14.2. The van der Waals surface area contributed by atoms with E-state index < -0.39 is 36.0 Å². The van der Waals surface area contributed by atoms with Crippen LogP contribution in [0.25, 0.3) is 0 Å². The van der Waals surface area contributed by atoms with Crippen molar-refractivity contribution in [1.82, 2.24) is 5.32 Å². The highest BCUT2D eigenvalue weighted by Gasteiger charge is 2.23. The third-order valence-corrected chi connectivity index (χ3v) is 4.20. The van der Waals surface area contributed by atoms with Gasteiger partial charge in [0.2, 0.25) is 5.91 Å². The molecule has 0 aliphatic rings. The van der Waals surface area contributed by atoms with Crippen molar-refractivity contribution >= 4 is 35.6 Å². The predicted octanol–water partition coefficient (Wildman–Crippen LogP) is -2.53. The fourth-order valence-electron chi connectivity index (χ4n) is 1.67. The lowest BCUT2D eigenvalue weighted by Crippen LogP contribution is -2.48. The molecule has 0 aliphatic carbocycles. The third-order valence-electron chi connectivity index (χ3n) is 3.08. The second kappa shape index (κ2) is 12.3. The van der Waals surface area contributed by atoms with E-state index >= 15 is 0 Å². The van der Waals surface area contributed by atoms with Crippen molar-refractivity contribution in [2.75, 3.05) is 18.1 Å². The highest BCUT2D eigenvalue weighted by molar-refractivity contribution is 7.99. The van der Waals surface area contributed by atoms with Gasteiger partial charge in [-0.05, 0) is 25.0 Å². The van der Waals surface area contributed by atoms with Crippen LogP contribution in [0.3, 0.4) is 0 Å². The van der Waals surface area contributed by atoms with E-state index in [9.17, 15) is 14.4 Å². The number of rotatable bonds is 13. The highest BCUT2D eigenvalue weighted by atomic mass is 32.2. The largest absolute Gasteiger partial charge is 0.480 e. The smallest absolute Gasteiger partial charge is 0.326 e. The Labute approximate surface area is 149 Å². The van der Waals surface area contributed by atoms with Gasteiger partial charge in [0.1, 0.15) is 12.1 Å². The van der Waals surface area contributed by atoms with Gasteiger partial charge in [-0.1, -0.05) is 0 Å². The maximum absolute atomic E-state index is 11.9. The van der Waals surface area contributed by atoms with Gasteiger partial charge in [0.05, 0.1) is 6.04 Å². The summed E-state index contributed by atoms with van der Waals surface area (Å²) in [6, 6.07) is -2.99. The van der Waals surface area contributed by atoms with Crippen LogP contribution in [0, 0.1) is 0 Å². The molecule has 0 aromatic heterocycles. The van der Waals surface area contributed by atoms with Crippen molar-refractivity contribution in [3.8, 4) is 0 Å². The van der Waals surface area contributed by atoms with Crippen molar-refractivity contribution in [3.05, 3.63) is 0 Å². The monoisotopic (exact) mass is 378 g/mol. The minimum Gasteiger partial charge on any atom is -0.480 e. The molecule has 0 unspecified atom stereocenters. The van der Waals surface area contributed by atoms with Crippen LogP contribution >= 0.6 is 11.8 Å². The number of aliphatic imine (C=N–C) groups is 1. The summed E-state index contributed by atoms with van der Waals surface area (Å²) in [6.07, 6.45) is 0.906. The maximum Gasteiger partial charge on any atom is 0.326 e. The maximum atomic E-state index is 11.9. The molecule has 1 amide bonds. The highest BCUT2D eigenvalue weighted by Crippen LogP contribution is 2.07. The zero-order chi connectivity index (χ0) is 19.4. The molecule has 3 atom stereocenters. The lowest BCUT2D eigenvalue weighted by Gasteiger charge is -2.17. The number of nitrogens with one attached hydrogen (secondary N) is 1. The van der Waals surface area contributed by atoms with Gasteiger partial charge in [-0.2, -0.15) is 11.8 Å². The first kappa shape index (κ1) is 22.9. The summed E-state index contributed by atoms with van der Waals surface area (Å²) in [5, 5.41) is 20.2. The molecule has 0 spiro atoms. The van der Waals surface area contributed by atoms with Gasteiger partial charge in [-0.25, -0.2) is 4.79 Å². The van der Waals surface area contributed by atoms with Crippen LogP contribution in [0.2, 0.25) is 0 Å². The molecule has 25 heavy (non-hydrogen) atoms. The molecule has 11 N–H and O–H groups in total. The Balaban J connectivity index is 4.23. The third kappa shape index (κ3) is 11.2. The number of carboxylic acid groups (broad SMARTS) is 2. The lowest BCUT2D eigenvalue weighted by atomic mass is 10.1. The topological polar surface area (TPSA) is 220 Å². The van der Waals surface area contributed by atoms with E-state index in [1.165, 1.54) is 11.8 Å². The first-order valence-electron chi connectivity index (χ1n) is 7.55. The fourth-order valence-corrected chi connectivity index (χ4v) is 2.63. The quantitative estimate of drug-likeness (QED) is 0.101. The first-order valence-corrected chi connectivity index (χ1v) is 8.70. The molecule has 12 heteroatoms. The van der Waals surface area contributed by atoms with Gasteiger partial charge < -0.3 is 38.5 Å². The number of carbonyl (C=O) groups is 3. The second-order valence-electron chi connectivity index (χ2n) is 5.26. The molecule has 11 nitrogen and oxygen atoms in total. The average molecular weight is 378 g/mol. The number of amides is 1. The fraction of sp³-hybridized carbons (Fsp3) is 0.692. The summed E-state index contributed by atoms with van der Waals surface area (Å²) < 4.78 is 0. The lowest BCUT2D eigenvalue weighted by molar-refractivity contribution is -0.142. The number of carboxylic acids is 2. The Kier molecular flexibility index (Phi) is 11.3. The van der Waals surface area contributed by atoms with Gasteiger partial charge in [0.25, 0.3) is 0 Å². The molecule has 0 aliphatic heterocycles. The number of aliphatic carboxylic acids is 2. The molecule has 144 valence electrons. The molecule has 0 radical (unpaired) electrons. The molecule has 0 saturated heterocycles. The summed E-state index contributed by atoms with van der Waals surface area (Å²) in [4.78, 5) is 37.5. The van der Waals surface area contributed by atoms with E-state index in [2.05, 4.69) is 10.3 Å². The van der Waals surface area contributed by atoms with Crippen LogP contribution in [-0.2, 0) is 14.4 Å². The SMILES string of the molecule is NC(N)=NCCC[C@H](N)C(=O)N[C@@H](CCSC[C@H](N)C(=O)O)C(=O)O. The molecule has 0 fully saturated rings. The Bertz CT molecular complexity index is 486. The van der Waals surface area contributed by atoms with Gasteiger partial charge in [-0.3, -0.25) is 14.6 Å². The van der Waals surface area contributed by atoms with Crippen molar-refractivity contribution in [2.45, 2.75) is 37.4 Å². The van der Waals surface area contributed by atoms with E-state index in [1.807, 2.05) is 0 Å². The number of nitrogens with zero attached hydrogens (tertiary/aromatic N) is 1. The van der Waals surface area contributed by atoms with Crippen LogP contribution < -0.4 is 28.3 Å². The number of hydrogen-bond acceptors (Lipinski definition) is 7. The Morgan fingerprint density at radius 3 is 2.20 bits per heavy atom. The first-order chi connectivity index (χ1) is 11.6. The number of hydrogen-bond donors (Lipinski definition) is 7. The van der Waals surface area contributed by atoms with E-state index in [-0.39, 0.29) is 18.1 Å². The van der Waals surface area contributed by atoms with Crippen LogP contribution in [0.4, 0.5) is 0 Å². The van der Waals surface area contributed by atoms with Gasteiger partial charge in [0, 0.05) is 12.3 Å². The number of nitrogens with two attached hydrogens (primary N) is 4. The molecular formula is C13H26N6O5S. The van der Waals surface area contributed by atoms with E-state index in [1.54, 1.807) is 0 Å². The van der Waals surface area contributed by atoms with Crippen molar-refractivity contribution in [3.63, 3.8) is 0 Å². The average Bonchev–Trinajstić information content (AvgIpc) is 2.52. The van der Waals surface area contributed by atoms with E-state index in [0.29, 0.717) is 25.1 Å². The predicted molar refractivity (Wildman–Crippen MR) is 95.0 cm³/mol. The van der Waals surface area contributed by atoms with Crippen molar-refractivity contribution < 1.29 is 24.6 Å². The summed E-state index contributed by atoms with van der Waals surface area (Å²) in [5.74, 6) is -2.46. The molecular weight excluding hydrogens is 352 g/mol. The second-order valence-corrected chi connectivity index (χ2v) is 6.41. The van der Waals surface area contributed by atoms with Gasteiger partial charge >= 0.3 is 11.9 Å². The zero-order valence-electron chi connectivity index (χ0n) is 13.8. The summed E-state index contributed by atoms with van der Waals surface area (Å²) in [6.45, 7) is 0.326. The van der Waals surface area contributed by atoms with Crippen LogP contribution in [0.15, 0.2) is 4.99 Å². The molecule has 0 bridgehead atoms. The minimum atomic E-state index is -1.19. The molecule has 0 aromatic rings. The number of guanidine groups is 1.